The summed E-state index contributed by atoms with van der Waals surface area (Å²) in [6.45, 7) is 5.48. The molecule has 0 spiro atoms. The van der Waals surface area contributed by atoms with E-state index >= 15 is 0 Å². The molecule has 18 heavy (non-hydrogen) atoms. The molecule has 1 heterocycles. The minimum absolute atomic E-state index is 0.542. The lowest BCUT2D eigenvalue weighted by Crippen LogP contribution is -2.05. The molecule has 96 valence electrons. The van der Waals surface area contributed by atoms with Gasteiger partial charge in [0.15, 0.2) is 0 Å². The zero-order chi connectivity index (χ0) is 13.0. The second-order valence-corrected chi connectivity index (χ2v) is 5.22. The fraction of sp³-hybridized carbons (Fsp3) is 0.357. The van der Waals surface area contributed by atoms with E-state index in [-0.39, 0.29) is 0 Å². The van der Waals surface area contributed by atoms with E-state index in [1.165, 1.54) is 11.1 Å². The topological polar surface area (TPSA) is 34.1 Å². The Balaban J connectivity index is 2.02. The summed E-state index contributed by atoms with van der Waals surface area (Å²) >= 11 is 1.64. The molecule has 0 radical (unpaired) electrons. The third-order valence-corrected chi connectivity index (χ3v) is 3.58. The van der Waals surface area contributed by atoms with Gasteiger partial charge in [-0.3, -0.25) is 0 Å². The normalized spacial score (nSPS) is 10.6. The van der Waals surface area contributed by atoms with Gasteiger partial charge in [-0.25, -0.2) is 4.98 Å². The van der Waals surface area contributed by atoms with E-state index in [9.17, 15) is 0 Å². The second kappa shape index (κ2) is 5.98. The molecular weight excluding hydrogens is 244 g/mol. The van der Waals surface area contributed by atoms with Gasteiger partial charge in [0.2, 0.25) is 0 Å². The summed E-state index contributed by atoms with van der Waals surface area (Å²) in [6.07, 6.45) is 0. The van der Waals surface area contributed by atoms with Gasteiger partial charge in [0.1, 0.15) is 17.4 Å². The molecule has 0 unspecified atom stereocenters. The van der Waals surface area contributed by atoms with Crippen LogP contribution >= 0.6 is 11.3 Å². The van der Waals surface area contributed by atoms with Crippen molar-refractivity contribution in [3.05, 3.63) is 45.4 Å². The second-order valence-electron chi connectivity index (χ2n) is 4.27. The first-order valence-corrected chi connectivity index (χ1v) is 6.85. The summed E-state index contributed by atoms with van der Waals surface area (Å²) in [5, 5.41) is 6.18. The molecule has 0 saturated carbocycles. The van der Waals surface area contributed by atoms with Crippen LogP contribution in [0.15, 0.2) is 23.6 Å². The van der Waals surface area contributed by atoms with E-state index in [4.69, 9.17) is 4.74 Å². The predicted molar refractivity (Wildman–Crippen MR) is 75.1 cm³/mol. The largest absolute Gasteiger partial charge is 0.486 e. The zero-order valence-corrected chi connectivity index (χ0v) is 11.8. The number of thiazole rings is 1. The molecule has 1 aromatic heterocycles. The lowest BCUT2D eigenvalue weighted by Gasteiger charge is -2.10. The highest BCUT2D eigenvalue weighted by atomic mass is 32.1. The number of rotatable bonds is 5. The SMILES string of the molecule is CNCc1csc(COc2c(C)cccc2C)n1. The number of hydrogen-bond donors (Lipinski definition) is 1. The molecule has 0 aliphatic rings. The summed E-state index contributed by atoms with van der Waals surface area (Å²) in [4.78, 5) is 4.51. The number of ether oxygens (including phenoxy) is 1. The van der Waals surface area contributed by atoms with Crippen molar-refractivity contribution < 1.29 is 4.74 Å². The molecule has 3 nitrogen and oxygen atoms in total. The van der Waals surface area contributed by atoms with Crippen LogP contribution in [0.4, 0.5) is 0 Å². The van der Waals surface area contributed by atoms with E-state index in [0.717, 1.165) is 23.0 Å². The fourth-order valence-electron chi connectivity index (χ4n) is 1.84. The summed E-state index contributed by atoms with van der Waals surface area (Å²) < 4.78 is 5.87. The third-order valence-electron chi connectivity index (χ3n) is 2.71. The summed E-state index contributed by atoms with van der Waals surface area (Å²) in [5.41, 5.74) is 3.41. The number of aryl methyl sites for hydroxylation is 2. The molecule has 0 saturated heterocycles. The smallest absolute Gasteiger partial charge is 0.140 e. The predicted octanol–water partition coefficient (Wildman–Crippen LogP) is 3.06. The average molecular weight is 262 g/mol. The van der Waals surface area contributed by atoms with Gasteiger partial charge in [-0.05, 0) is 32.0 Å². The summed E-state index contributed by atoms with van der Waals surface area (Å²) in [5.74, 6) is 0.975. The molecule has 2 aromatic rings. The molecule has 0 aliphatic heterocycles. The van der Waals surface area contributed by atoms with Crippen LogP contribution < -0.4 is 10.1 Å². The standard InChI is InChI=1S/C14H18N2OS/c1-10-5-4-6-11(2)14(10)17-8-13-16-12(7-15-3)9-18-13/h4-6,9,15H,7-8H2,1-3H3. The van der Waals surface area contributed by atoms with Gasteiger partial charge in [0.05, 0.1) is 5.69 Å². The van der Waals surface area contributed by atoms with Crippen molar-refractivity contribution in [1.82, 2.24) is 10.3 Å². The van der Waals surface area contributed by atoms with Gasteiger partial charge < -0.3 is 10.1 Å². The van der Waals surface area contributed by atoms with Crippen LogP contribution in [-0.2, 0) is 13.2 Å². The van der Waals surface area contributed by atoms with Crippen LogP contribution in [0.25, 0.3) is 0 Å². The molecule has 4 heteroatoms. The van der Waals surface area contributed by atoms with E-state index in [1.807, 2.05) is 13.1 Å². The van der Waals surface area contributed by atoms with Crippen molar-refractivity contribution in [1.29, 1.82) is 0 Å². The van der Waals surface area contributed by atoms with E-state index in [2.05, 4.69) is 41.7 Å². The van der Waals surface area contributed by atoms with Gasteiger partial charge in [0.25, 0.3) is 0 Å². The maximum absolute atomic E-state index is 5.87. The Morgan fingerprint density at radius 3 is 2.67 bits per heavy atom. The molecule has 0 atom stereocenters. The minimum atomic E-state index is 0.542. The third kappa shape index (κ3) is 3.09. The van der Waals surface area contributed by atoms with Gasteiger partial charge in [0, 0.05) is 11.9 Å². The highest BCUT2D eigenvalue weighted by Crippen LogP contribution is 2.24. The number of benzene rings is 1. The van der Waals surface area contributed by atoms with Crippen LogP contribution in [0.5, 0.6) is 5.75 Å². The quantitative estimate of drug-likeness (QED) is 0.899. The Morgan fingerprint density at radius 1 is 1.28 bits per heavy atom. The molecule has 0 amide bonds. The van der Waals surface area contributed by atoms with Crippen LogP contribution in [-0.4, -0.2) is 12.0 Å². The number of aromatic nitrogens is 1. The molecule has 0 aliphatic carbocycles. The molecule has 0 bridgehead atoms. The number of para-hydroxylation sites is 1. The van der Waals surface area contributed by atoms with Crippen LogP contribution in [0, 0.1) is 13.8 Å². The first-order chi connectivity index (χ1) is 8.70. The van der Waals surface area contributed by atoms with E-state index in [0.29, 0.717) is 6.61 Å². The first-order valence-electron chi connectivity index (χ1n) is 5.97. The monoisotopic (exact) mass is 262 g/mol. The number of nitrogens with zero attached hydrogens (tertiary/aromatic N) is 1. The van der Waals surface area contributed by atoms with Crippen molar-refractivity contribution in [3.63, 3.8) is 0 Å². The molecule has 0 fully saturated rings. The van der Waals surface area contributed by atoms with Crippen molar-refractivity contribution in [3.8, 4) is 5.75 Å². The number of nitrogens with one attached hydrogen (secondary N) is 1. The Hall–Kier alpha value is -1.39. The van der Waals surface area contributed by atoms with Gasteiger partial charge in [-0.2, -0.15) is 0 Å². The number of hydrogen-bond acceptors (Lipinski definition) is 4. The molecule has 1 N–H and O–H groups in total. The van der Waals surface area contributed by atoms with Gasteiger partial charge in [-0.15, -0.1) is 11.3 Å². The van der Waals surface area contributed by atoms with Crippen LogP contribution in [0.1, 0.15) is 21.8 Å². The van der Waals surface area contributed by atoms with Crippen molar-refractivity contribution in [2.75, 3.05) is 7.05 Å². The Labute approximate surface area is 112 Å². The summed E-state index contributed by atoms with van der Waals surface area (Å²) in [6, 6.07) is 6.18. The van der Waals surface area contributed by atoms with Crippen LogP contribution in [0.2, 0.25) is 0 Å². The fourth-order valence-corrected chi connectivity index (χ4v) is 2.54. The van der Waals surface area contributed by atoms with Crippen molar-refractivity contribution >= 4 is 11.3 Å². The van der Waals surface area contributed by atoms with Crippen molar-refractivity contribution in [2.45, 2.75) is 27.0 Å². The first kappa shape index (κ1) is 13.1. The van der Waals surface area contributed by atoms with E-state index < -0.39 is 0 Å². The van der Waals surface area contributed by atoms with E-state index in [1.54, 1.807) is 11.3 Å². The van der Waals surface area contributed by atoms with Crippen molar-refractivity contribution in [2.24, 2.45) is 0 Å². The van der Waals surface area contributed by atoms with Gasteiger partial charge >= 0.3 is 0 Å². The highest BCUT2D eigenvalue weighted by Gasteiger charge is 2.06. The highest BCUT2D eigenvalue weighted by molar-refractivity contribution is 7.09. The molecular formula is C14H18N2OS. The Morgan fingerprint density at radius 2 is 2.00 bits per heavy atom. The molecule has 1 aromatic carbocycles. The lowest BCUT2D eigenvalue weighted by molar-refractivity contribution is 0.301. The lowest BCUT2D eigenvalue weighted by atomic mass is 10.1. The minimum Gasteiger partial charge on any atom is -0.486 e. The Kier molecular flexibility index (Phi) is 4.33. The summed E-state index contributed by atoms with van der Waals surface area (Å²) in [7, 11) is 1.92. The Bertz CT molecular complexity index is 502. The van der Waals surface area contributed by atoms with Gasteiger partial charge in [-0.1, -0.05) is 18.2 Å². The molecule has 2 rings (SSSR count). The average Bonchev–Trinajstić information content (AvgIpc) is 2.77. The zero-order valence-electron chi connectivity index (χ0n) is 11.0. The maximum atomic E-state index is 5.87. The van der Waals surface area contributed by atoms with Crippen LogP contribution in [0.3, 0.4) is 0 Å². The maximum Gasteiger partial charge on any atom is 0.140 e.